The van der Waals surface area contributed by atoms with Gasteiger partial charge < -0.3 is 10.4 Å². The SMILES string of the molecule is Cc1cc(C=NNC(=O)C(NC(=O)c2ccc(Cl)c(Cl)c2)C(C)C)cc(C)c1O. The molecule has 0 aliphatic heterocycles. The molecular formula is C21H23Cl2N3O3. The van der Waals surface area contributed by atoms with Gasteiger partial charge in [-0.2, -0.15) is 5.10 Å². The lowest BCUT2D eigenvalue weighted by Crippen LogP contribution is -2.48. The van der Waals surface area contributed by atoms with Gasteiger partial charge in [0.1, 0.15) is 11.8 Å². The summed E-state index contributed by atoms with van der Waals surface area (Å²) in [4.78, 5) is 25.0. The largest absolute Gasteiger partial charge is 0.507 e. The smallest absolute Gasteiger partial charge is 0.262 e. The van der Waals surface area contributed by atoms with Gasteiger partial charge >= 0.3 is 0 Å². The molecule has 0 aromatic heterocycles. The lowest BCUT2D eigenvalue weighted by molar-refractivity contribution is -0.123. The zero-order valence-electron chi connectivity index (χ0n) is 16.6. The fraction of sp³-hybridized carbons (Fsp3) is 0.286. The van der Waals surface area contributed by atoms with Gasteiger partial charge in [-0.25, -0.2) is 5.43 Å². The van der Waals surface area contributed by atoms with Crippen LogP contribution in [-0.2, 0) is 4.79 Å². The number of hydrogen-bond acceptors (Lipinski definition) is 4. The van der Waals surface area contributed by atoms with Gasteiger partial charge in [-0.15, -0.1) is 0 Å². The molecule has 2 aromatic carbocycles. The molecule has 0 bridgehead atoms. The van der Waals surface area contributed by atoms with Crippen LogP contribution in [0.2, 0.25) is 10.0 Å². The van der Waals surface area contributed by atoms with Crippen LogP contribution in [0.1, 0.15) is 40.9 Å². The highest BCUT2D eigenvalue weighted by Crippen LogP contribution is 2.23. The highest BCUT2D eigenvalue weighted by Gasteiger charge is 2.24. The van der Waals surface area contributed by atoms with Crippen LogP contribution < -0.4 is 10.7 Å². The maximum atomic E-state index is 12.5. The Balaban J connectivity index is 2.07. The minimum atomic E-state index is -0.794. The van der Waals surface area contributed by atoms with Crippen LogP contribution >= 0.6 is 23.2 Å². The molecule has 1 atom stereocenters. The number of phenolic OH excluding ortho intramolecular Hbond substituents is 1. The highest BCUT2D eigenvalue weighted by molar-refractivity contribution is 6.42. The fourth-order valence-corrected chi connectivity index (χ4v) is 3.00. The van der Waals surface area contributed by atoms with Crippen molar-refractivity contribution in [2.24, 2.45) is 11.0 Å². The average Bonchev–Trinajstić information content (AvgIpc) is 2.65. The molecule has 8 heteroatoms. The van der Waals surface area contributed by atoms with E-state index in [0.29, 0.717) is 21.7 Å². The summed E-state index contributed by atoms with van der Waals surface area (Å²) < 4.78 is 0. The van der Waals surface area contributed by atoms with E-state index < -0.39 is 17.9 Å². The van der Waals surface area contributed by atoms with Crippen molar-refractivity contribution >= 4 is 41.2 Å². The van der Waals surface area contributed by atoms with Gasteiger partial charge in [0.05, 0.1) is 16.3 Å². The lowest BCUT2D eigenvalue weighted by Gasteiger charge is -2.20. The Morgan fingerprint density at radius 2 is 1.69 bits per heavy atom. The molecule has 0 spiro atoms. The summed E-state index contributed by atoms with van der Waals surface area (Å²) in [5.41, 5.74) is 4.92. The van der Waals surface area contributed by atoms with Crippen molar-refractivity contribution in [3.05, 3.63) is 62.6 Å². The molecule has 0 fully saturated rings. The molecule has 2 aromatic rings. The van der Waals surface area contributed by atoms with Crippen LogP contribution in [0.3, 0.4) is 0 Å². The summed E-state index contributed by atoms with van der Waals surface area (Å²) in [6.07, 6.45) is 1.48. The Kier molecular flexibility index (Phi) is 7.65. The van der Waals surface area contributed by atoms with Gasteiger partial charge in [-0.3, -0.25) is 9.59 Å². The van der Waals surface area contributed by atoms with E-state index in [0.717, 1.165) is 5.56 Å². The number of benzene rings is 2. The molecule has 3 N–H and O–H groups in total. The van der Waals surface area contributed by atoms with Crippen molar-refractivity contribution in [1.82, 2.24) is 10.7 Å². The normalized spacial score (nSPS) is 12.2. The Morgan fingerprint density at radius 3 is 2.24 bits per heavy atom. The monoisotopic (exact) mass is 435 g/mol. The molecule has 154 valence electrons. The topological polar surface area (TPSA) is 90.8 Å². The van der Waals surface area contributed by atoms with E-state index in [1.165, 1.54) is 24.4 Å². The third-order valence-corrected chi connectivity index (χ3v) is 5.06. The summed E-state index contributed by atoms with van der Waals surface area (Å²) in [5, 5.41) is 17.1. The molecule has 1 unspecified atom stereocenters. The number of rotatable bonds is 6. The summed E-state index contributed by atoms with van der Waals surface area (Å²) in [6.45, 7) is 7.20. The number of nitrogens with one attached hydrogen (secondary N) is 2. The molecule has 2 rings (SSSR count). The van der Waals surface area contributed by atoms with Crippen LogP contribution in [0.4, 0.5) is 0 Å². The Bertz CT molecular complexity index is 935. The summed E-state index contributed by atoms with van der Waals surface area (Å²) in [5.74, 6) is -0.825. The van der Waals surface area contributed by atoms with E-state index >= 15 is 0 Å². The summed E-state index contributed by atoms with van der Waals surface area (Å²) >= 11 is 11.8. The molecule has 29 heavy (non-hydrogen) atoms. The first-order valence-corrected chi connectivity index (χ1v) is 9.74. The van der Waals surface area contributed by atoms with Crippen LogP contribution in [0.5, 0.6) is 5.75 Å². The second-order valence-corrected chi connectivity index (χ2v) is 7.88. The van der Waals surface area contributed by atoms with Crippen molar-refractivity contribution in [3.8, 4) is 5.75 Å². The zero-order valence-corrected chi connectivity index (χ0v) is 18.1. The zero-order chi connectivity index (χ0) is 21.7. The van der Waals surface area contributed by atoms with E-state index in [1.807, 2.05) is 13.8 Å². The second-order valence-electron chi connectivity index (χ2n) is 7.06. The minimum absolute atomic E-state index is 0.171. The molecule has 0 radical (unpaired) electrons. The molecule has 0 saturated carbocycles. The van der Waals surface area contributed by atoms with E-state index in [2.05, 4.69) is 15.8 Å². The van der Waals surface area contributed by atoms with Gasteiger partial charge in [-0.1, -0.05) is 37.0 Å². The fourth-order valence-electron chi connectivity index (χ4n) is 2.70. The first-order chi connectivity index (χ1) is 13.6. The quantitative estimate of drug-likeness (QED) is 0.468. The van der Waals surface area contributed by atoms with Gasteiger partial charge in [0.25, 0.3) is 11.8 Å². The number of carbonyl (C=O) groups is 2. The first kappa shape index (κ1) is 22.7. The molecule has 0 heterocycles. The van der Waals surface area contributed by atoms with Crippen molar-refractivity contribution in [2.45, 2.75) is 33.7 Å². The third-order valence-electron chi connectivity index (χ3n) is 4.32. The van der Waals surface area contributed by atoms with E-state index in [4.69, 9.17) is 23.2 Å². The van der Waals surface area contributed by atoms with Gasteiger partial charge in [0, 0.05) is 5.56 Å². The highest BCUT2D eigenvalue weighted by atomic mass is 35.5. The number of hydrazone groups is 1. The number of amides is 2. The number of aryl methyl sites for hydroxylation is 2. The number of nitrogens with zero attached hydrogens (tertiary/aromatic N) is 1. The molecule has 0 saturated heterocycles. The first-order valence-electron chi connectivity index (χ1n) is 8.99. The second kappa shape index (κ2) is 9.76. The third kappa shape index (κ3) is 5.95. The Morgan fingerprint density at radius 1 is 1.07 bits per heavy atom. The average molecular weight is 436 g/mol. The van der Waals surface area contributed by atoms with Crippen molar-refractivity contribution < 1.29 is 14.7 Å². The number of aromatic hydroxyl groups is 1. The Labute approximate surface area is 179 Å². The number of carbonyl (C=O) groups excluding carboxylic acids is 2. The van der Waals surface area contributed by atoms with Gasteiger partial charge in [0.15, 0.2) is 0 Å². The molecular weight excluding hydrogens is 413 g/mol. The van der Waals surface area contributed by atoms with Crippen LogP contribution in [0.25, 0.3) is 0 Å². The van der Waals surface area contributed by atoms with E-state index in [9.17, 15) is 14.7 Å². The molecule has 0 aliphatic rings. The van der Waals surface area contributed by atoms with Gasteiger partial charge in [-0.05, 0) is 66.8 Å². The van der Waals surface area contributed by atoms with E-state index in [1.54, 1.807) is 26.0 Å². The van der Waals surface area contributed by atoms with Crippen LogP contribution in [-0.4, -0.2) is 29.2 Å². The van der Waals surface area contributed by atoms with Crippen molar-refractivity contribution in [2.75, 3.05) is 0 Å². The van der Waals surface area contributed by atoms with Crippen molar-refractivity contribution in [3.63, 3.8) is 0 Å². The van der Waals surface area contributed by atoms with Crippen LogP contribution in [0.15, 0.2) is 35.4 Å². The molecule has 2 amide bonds. The molecule has 6 nitrogen and oxygen atoms in total. The predicted octanol–water partition coefficient (Wildman–Crippen LogP) is 4.22. The maximum absolute atomic E-state index is 12.5. The van der Waals surface area contributed by atoms with Gasteiger partial charge in [0.2, 0.25) is 0 Å². The minimum Gasteiger partial charge on any atom is -0.507 e. The summed E-state index contributed by atoms with van der Waals surface area (Å²) in [6, 6.07) is 7.22. The summed E-state index contributed by atoms with van der Waals surface area (Å²) in [7, 11) is 0. The number of hydrogen-bond donors (Lipinski definition) is 3. The standard InChI is InChI=1S/C21H23Cl2N3O3/c1-11(2)18(25-20(28)15-5-6-16(22)17(23)9-15)21(29)26-24-10-14-7-12(3)19(27)13(4)8-14/h5-11,18,27H,1-4H3,(H,25,28)(H,26,29). The lowest BCUT2D eigenvalue weighted by atomic mass is 10.0. The Hall–Kier alpha value is -2.57. The predicted molar refractivity (Wildman–Crippen MR) is 116 cm³/mol. The van der Waals surface area contributed by atoms with E-state index in [-0.39, 0.29) is 16.7 Å². The van der Waals surface area contributed by atoms with Crippen LogP contribution in [0, 0.1) is 19.8 Å². The van der Waals surface area contributed by atoms with Crippen molar-refractivity contribution in [1.29, 1.82) is 0 Å². The molecule has 0 aliphatic carbocycles. The maximum Gasteiger partial charge on any atom is 0.262 e. The number of phenols is 1. The number of halogens is 2.